The number of carbonyl (C=O) groups excluding carboxylic acids is 1. The van der Waals surface area contributed by atoms with E-state index in [2.05, 4.69) is 15.6 Å². The number of benzene rings is 1. The number of aryl methyl sites for hydroxylation is 1. The van der Waals surface area contributed by atoms with E-state index in [1.54, 1.807) is 17.7 Å². The molecule has 1 aliphatic heterocycles. The summed E-state index contributed by atoms with van der Waals surface area (Å²) in [7, 11) is -3.01. The second-order valence-corrected chi connectivity index (χ2v) is 8.49. The fraction of sp³-hybridized carbons (Fsp3) is 0.353. The molecule has 1 atom stereocenters. The molecule has 1 aromatic heterocycles. The van der Waals surface area contributed by atoms with Gasteiger partial charge in [0.25, 0.3) is 5.91 Å². The molecule has 3 rings (SSSR count). The SMILES string of the molecule is Cc1nn([C@H]2CCS(=O)(=O)C2)c(C)c1/C=N\NC(=O)c1ccccc1F. The summed E-state index contributed by atoms with van der Waals surface area (Å²) >= 11 is 0. The van der Waals surface area contributed by atoms with Crippen molar-refractivity contribution in [2.24, 2.45) is 5.10 Å². The Balaban J connectivity index is 1.75. The van der Waals surface area contributed by atoms with Gasteiger partial charge in [-0.15, -0.1) is 0 Å². The van der Waals surface area contributed by atoms with Gasteiger partial charge in [0.1, 0.15) is 5.82 Å². The molecule has 0 aliphatic carbocycles. The molecule has 0 bridgehead atoms. The van der Waals surface area contributed by atoms with Gasteiger partial charge in [-0.3, -0.25) is 9.48 Å². The van der Waals surface area contributed by atoms with Crippen LogP contribution in [0.2, 0.25) is 0 Å². The fourth-order valence-electron chi connectivity index (χ4n) is 3.05. The number of hydrogen-bond donors (Lipinski definition) is 1. The first-order valence-electron chi connectivity index (χ1n) is 8.12. The van der Waals surface area contributed by atoms with Gasteiger partial charge in [-0.25, -0.2) is 18.2 Å². The van der Waals surface area contributed by atoms with Gasteiger partial charge in [0.05, 0.1) is 35.0 Å². The molecule has 2 heterocycles. The lowest BCUT2D eigenvalue weighted by Crippen LogP contribution is -2.19. The Hall–Kier alpha value is -2.55. The van der Waals surface area contributed by atoms with Crippen LogP contribution >= 0.6 is 0 Å². The normalized spacial score (nSPS) is 19.1. The maximum absolute atomic E-state index is 13.6. The van der Waals surface area contributed by atoms with Gasteiger partial charge in [0.15, 0.2) is 9.84 Å². The van der Waals surface area contributed by atoms with E-state index < -0.39 is 21.6 Å². The van der Waals surface area contributed by atoms with Crippen molar-refractivity contribution in [2.45, 2.75) is 26.3 Å². The summed E-state index contributed by atoms with van der Waals surface area (Å²) in [5.74, 6) is -1.03. The Bertz CT molecular complexity index is 982. The first kappa shape index (κ1) is 18.2. The zero-order valence-electron chi connectivity index (χ0n) is 14.4. The molecular weight excluding hydrogens is 359 g/mol. The molecule has 1 fully saturated rings. The summed E-state index contributed by atoms with van der Waals surface area (Å²) in [5.41, 5.74) is 4.35. The third-order valence-electron chi connectivity index (χ3n) is 4.41. The summed E-state index contributed by atoms with van der Waals surface area (Å²) < 4.78 is 38.7. The first-order chi connectivity index (χ1) is 12.3. The highest BCUT2D eigenvalue weighted by Gasteiger charge is 2.31. The highest BCUT2D eigenvalue weighted by Crippen LogP contribution is 2.26. The van der Waals surface area contributed by atoms with E-state index in [1.807, 2.05) is 6.92 Å². The summed E-state index contributed by atoms with van der Waals surface area (Å²) in [6.07, 6.45) is 1.97. The smallest absolute Gasteiger partial charge is 0.267 e. The van der Waals surface area contributed by atoms with Crippen LogP contribution in [-0.4, -0.2) is 41.8 Å². The van der Waals surface area contributed by atoms with Gasteiger partial charge in [0, 0.05) is 11.3 Å². The number of amides is 1. The van der Waals surface area contributed by atoms with E-state index in [1.165, 1.54) is 24.4 Å². The lowest BCUT2D eigenvalue weighted by atomic mass is 10.2. The highest BCUT2D eigenvalue weighted by atomic mass is 32.2. The molecule has 1 amide bonds. The van der Waals surface area contributed by atoms with Crippen LogP contribution in [-0.2, 0) is 9.84 Å². The molecule has 0 spiro atoms. The average Bonchev–Trinajstić information content (AvgIpc) is 3.08. The minimum atomic E-state index is -3.01. The highest BCUT2D eigenvalue weighted by molar-refractivity contribution is 7.91. The van der Waals surface area contributed by atoms with Gasteiger partial charge in [-0.05, 0) is 32.4 Å². The number of hydrazone groups is 1. The average molecular weight is 378 g/mol. The third-order valence-corrected chi connectivity index (χ3v) is 6.16. The molecule has 0 unspecified atom stereocenters. The van der Waals surface area contributed by atoms with E-state index in [-0.39, 0.29) is 23.1 Å². The first-order valence-corrected chi connectivity index (χ1v) is 9.94. The predicted molar refractivity (Wildman–Crippen MR) is 95.5 cm³/mol. The van der Waals surface area contributed by atoms with Gasteiger partial charge in [-0.2, -0.15) is 10.2 Å². The number of sulfone groups is 1. The topological polar surface area (TPSA) is 93.4 Å². The predicted octanol–water partition coefficient (Wildman–Crippen LogP) is 1.76. The van der Waals surface area contributed by atoms with E-state index >= 15 is 0 Å². The number of nitrogens with zero attached hydrogens (tertiary/aromatic N) is 3. The summed E-state index contributed by atoms with van der Waals surface area (Å²) in [6.45, 7) is 3.61. The molecule has 1 aliphatic rings. The Labute approximate surface area is 150 Å². The number of hydrogen-bond acceptors (Lipinski definition) is 5. The standard InChI is InChI=1S/C17H19FN4O3S/c1-11-15(9-19-20-17(23)14-5-3-4-6-16(14)18)12(2)22(21-11)13-7-8-26(24,25)10-13/h3-6,9,13H,7-8,10H2,1-2H3,(H,20,23)/b19-9-/t13-/m0/s1. The minimum Gasteiger partial charge on any atom is -0.267 e. The lowest BCUT2D eigenvalue weighted by Gasteiger charge is -2.10. The minimum absolute atomic E-state index is 0.0789. The van der Waals surface area contributed by atoms with Crippen LogP contribution in [0.5, 0.6) is 0 Å². The summed E-state index contributed by atoms with van der Waals surface area (Å²) in [5, 5.41) is 8.30. The zero-order chi connectivity index (χ0) is 18.9. The summed E-state index contributed by atoms with van der Waals surface area (Å²) in [4.78, 5) is 12.0. The van der Waals surface area contributed by atoms with Crippen molar-refractivity contribution in [1.82, 2.24) is 15.2 Å². The number of aromatic nitrogens is 2. The van der Waals surface area contributed by atoms with Crippen molar-refractivity contribution in [3.63, 3.8) is 0 Å². The van der Waals surface area contributed by atoms with Crippen molar-refractivity contribution in [1.29, 1.82) is 0 Å². The maximum Gasteiger partial charge on any atom is 0.274 e. The monoisotopic (exact) mass is 378 g/mol. The number of halogens is 1. The molecule has 1 N–H and O–H groups in total. The lowest BCUT2D eigenvalue weighted by molar-refractivity contribution is 0.0951. The number of rotatable bonds is 4. The molecule has 2 aromatic rings. The fourth-order valence-corrected chi connectivity index (χ4v) is 4.74. The molecule has 26 heavy (non-hydrogen) atoms. The van der Waals surface area contributed by atoms with Crippen LogP contribution in [0.1, 0.15) is 39.8 Å². The third kappa shape index (κ3) is 3.67. The Morgan fingerprint density at radius 1 is 1.38 bits per heavy atom. The Kier molecular flexibility index (Phi) is 4.90. The van der Waals surface area contributed by atoms with E-state index in [9.17, 15) is 17.6 Å². The van der Waals surface area contributed by atoms with E-state index in [0.29, 0.717) is 17.7 Å². The maximum atomic E-state index is 13.6. The van der Waals surface area contributed by atoms with Crippen molar-refractivity contribution in [3.8, 4) is 0 Å². The molecule has 0 saturated carbocycles. The molecule has 0 radical (unpaired) electrons. The molecule has 7 nitrogen and oxygen atoms in total. The Morgan fingerprint density at radius 3 is 2.77 bits per heavy atom. The van der Waals surface area contributed by atoms with Crippen LogP contribution < -0.4 is 5.43 Å². The summed E-state index contributed by atoms with van der Waals surface area (Å²) in [6, 6.07) is 5.45. The van der Waals surface area contributed by atoms with Gasteiger partial charge in [0.2, 0.25) is 0 Å². The molecule has 9 heteroatoms. The van der Waals surface area contributed by atoms with Crippen LogP contribution in [0, 0.1) is 19.7 Å². The molecule has 1 saturated heterocycles. The van der Waals surface area contributed by atoms with Crippen molar-refractivity contribution in [2.75, 3.05) is 11.5 Å². The largest absolute Gasteiger partial charge is 0.274 e. The van der Waals surface area contributed by atoms with E-state index in [0.717, 1.165) is 5.69 Å². The Morgan fingerprint density at radius 2 is 2.12 bits per heavy atom. The van der Waals surface area contributed by atoms with Crippen molar-refractivity contribution < 1.29 is 17.6 Å². The quantitative estimate of drug-likeness (QED) is 0.648. The van der Waals surface area contributed by atoms with Crippen LogP contribution in [0.3, 0.4) is 0 Å². The number of nitrogens with one attached hydrogen (secondary N) is 1. The second kappa shape index (κ2) is 6.99. The van der Waals surface area contributed by atoms with Crippen LogP contribution in [0.4, 0.5) is 4.39 Å². The second-order valence-electron chi connectivity index (χ2n) is 6.26. The van der Waals surface area contributed by atoms with Crippen molar-refractivity contribution in [3.05, 3.63) is 52.6 Å². The zero-order valence-corrected chi connectivity index (χ0v) is 15.3. The van der Waals surface area contributed by atoms with E-state index in [4.69, 9.17) is 0 Å². The molecule has 1 aromatic carbocycles. The number of carbonyl (C=O) groups is 1. The van der Waals surface area contributed by atoms with Gasteiger partial charge in [-0.1, -0.05) is 12.1 Å². The molecular formula is C17H19FN4O3S. The van der Waals surface area contributed by atoms with Crippen LogP contribution in [0.15, 0.2) is 29.4 Å². The van der Waals surface area contributed by atoms with Gasteiger partial charge >= 0.3 is 0 Å². The van der Waals surface area contributed by atoms with Gasteiger partial charge < -0.3 is 0 Å². The van der Waals surface area contributed by atoms with Crippen LogP contribution in [0.25, 0.3) is 0 Å². The molecule has 138 valence electrons. The van der Waals surface area contributed by atoms with Crippen molar-refractivity contribution >= 4 is 22.0 Å².